The lowest BCUT2D eigenvalue weighted by Gasteiger charge is -2.27. The van der Waals surface area contributed by atoms with E-state index in [1.165, 1.54) is 24.8 Å². The Labute approximate surface area is 191 Å². The van der Waals surface area contributed by atoms with Gasteiger partial charge in [-0.05, 0) is 56.1 Å². The van der Waals surface area contributed by atoms with E-state index in [0.717, 1.165) is 35.8 Å². The number of rotatable bonds is 10. The first-order valence-corrected chi connectivity index (χ1v) is 13.0. The van der Waals surface area contributed by atoms with Crippen LogP contribution in [0.1, 0.15) is 37.3 Å². The van der Waals surface area contributed by atoms with Crippen LogP contribution in [-0.2, 0) is 27.9 Å². The first-order chi connectivity index (χ1) is 15.4. The van der Waals surface area contributed by atoms with Crippen molar-refractivity contribution in [3.63, 3.8) is 0 Å². The summed E-state index contributed by atoms with van der Waals surface area (Å²) in [5, 5.41) is 2.90. The van der Waals surface area contributed by atoms with Gasteiger partial charge in [-0.15, -0.1) is 0 Å². The van der Waals surface area contributed by atoms with Gasteiger partial charge < -0.3 is 10.1 Å². The van der Waals surface area contributed by atoms with Gasteiger partial charge in [-0.25, -0.2) is 8.42 Å². The number of ether oxygens (including phenoxy) is 1. The van der Waals surface area contributed by atoms with E-state index in [2.05, 4.69) is 16.3 Å². The van der Waals surface area contributed by atoms with E-state index in [0.29, 0.717) is 24.6 Å². The SMILES string of the molecule is CCOc1ccccc1N(CC(=O)NCc1ccccc1CN1CCCCC1)S(C)(=O)=O. The molecule has 1 aliphatic rings. The van der Waals surface area contributed by atoms with Crippen molar-refractivity contribution in [2.75, 3.05) is 36.8 Å². The van der Waals surface area contributed by atoms with Gasteiger partial charge in [-0.2, -0.15) is 0 Å². The molecule has 1 aliphatic heterocycles. The molecule has 1 N–H and O–H groups in total. The van der Waals surface area contributed by atoms with Gasteiger partial charge in [-0.1, -0.05) is 42.8 Å². The normalized spacial score (nSPS) is 14.7. The van der Waals surface area contributed by atoms with Gasteiger partial charge in [0.05, 0.1) is 18.6 Å². The van der Waals surface area contributed by atoms with Gasteiger partial charge in [0.1, 0.15) is 12.3 Å². The monoisotopic (exact) mass is 459 g/mol. The topological polar surface area (TPSA) is 79.0 Å². The number of carbonyl (C=O) groups is 1. The molecule has 1 heterocycles. The molecule has 1 fully saturated rings. The van der Waals surface area contributed by atoms with Gasteiger partial charge in [0.25, 0.3) is 0 Å². The number of para-hydroxylation sites is 2. The third-order valence-corrected chi connectivity index (χ3v) is 6.68. The molecular formula is C24H33N3O4S. The second kappa shape index (κ2) is 11.3. The van der Waals surface area contributed by atoms with E-state index in [4.69, 9.17) is 4.74 Å². The molecule has 2 aromatic carbocycles. The van der Waals surface area contributed by atoms with E-state index >= 15 is 0 Å². The molecule has 1 amide bonds. The highest BCUT2D eigenvalue weighted by Crippen LogP contribution is 2.29. The van der Waals surface area contributed by atoms with Crippen LogP contribution in [0.3, 0.4) is 0 Å². The molecule has 1 saturated heterocycles. The molecule has 32 heavy (non-hydrogen) atoms. The molecule has 2 aromatic rings. The minimum atomic E-state index is -3.68. The summed E-state index contributed by atoms with van der Waals surface area (Å²) in [6.07, 6.45) is 4.83. The van der Waals surface area contributed by atoms with Crippen LogP contribution in [-0.4, -0.2) is 51.7 Å². The maximum atomic E-state index is 12.7. The average molecular weight is 460 g/mol. The van der Waals surface area contributed by atoms with E-state index in [1.807, 2.05) is 25.1 Å². The summed E-state index contributed by atoms with van der Waals surface area (Å²) >= 11 is 0. The van der Waals surface area contributed by atoms with Gasteiger partial charge in [-0.3, -0.25) is 14.0 Å². The minimum Gasteiger partial charge on any atom is -0.492 e. The van der Waals surface area contributed by atoms with Crippen molar-refractivity contribution >= 4 is 21.6 Å². The third-order valence-electron chi connectivity index (χ3n) is 5.56. The Kier molecular flexibility index (Phi) is 8.53. The predicted octanol–water partition coefficient (Wildman–Crippen LogP) is 3.15. The molecule has 0 radical (unpaired) electrons. The van der Waals surface area contributed by atoms with Crippen LogP contribution >= 0.6 is 0 Å². The quantitative estimate of drug-likeness (QED) is 0.591. The van der Waals surface area contributed by atoms with Crippen molar-refractivity contribution in [2.45, 2.75) is 39.3 Å². The highest BCUT2D eigenvalue weighted by atomic mass is 32.2. The van der Waals surface area contributed by atoms with Crippen LogP contribution in [0.4, 0.5) is 5.69 Å². The van der Waals surface area contributed by atoms with E-state index in [-0.39, 0.29) is 12.5 Å². The molecule has 3 rings (SSSR count). The van der Waals surface area contributed by atoms with Crippen LogP contribution in [0.2, 0.25) is 0 Å². The number of hydrogen-bond donors (Lipinski definition) is 1. The summed E-state index contributed by atoms with van der Waals surface area (Å²) in [4.78, 5) is 15.2. The number of hydrogen-bond acceptors (Lipinski definition) is 5. The van der Waals surface area contributed by atoms with Crippen molar-refractivity contribution in [3.8, 4) is 5.75 Å². The van der Waals surface area contributed by atoms with Gasteiger partial charge in [0.2, 0.25) is 15.9 Å². The Bertz CT molecular complexity index is 1000. The van der Waals surface area contributed by atoms with Crippen molar-refractivity contribution in [1.29, 1.82) is 0 Å². The molecular weight excluding hydrogens is 426 g/mol. The van der Waals surface area contributed by atoms with Crippen molar-refractivity contribution in [2.24, 2.45) is 0 Å². The van der Waals surface area contributed by atoms with E-state index in [1.54, 1.807) is 24.3 Å². The lowest BCUT2D eigenvalue weighted by molar-refractivity contribution is -0.119. The zero-order valence-electron chi connectivity index (χ0n) is 18.9. The number of nitrogens with zero attached hydrogens (tertiary/aromatic N) is 2. The number of sulfonamides is 1. The maximum absolute atomic E-state index is 12.7. The van der Waals surface area contributed by atoms with Gasteiger partial charge >= 0.3 is 0 Å². The van der Waals surface area contributed by atoms with Crippen LogP contribution in [0, 0.1) is 0 Å². The smallest absolute Gasteiger partial charge is 0.241 e. The average Bonchev–Trinajstić information content (AvgIpc) is 2.78. The Hall–Kier alpha value is -2.58. The minimum absolute atomic E-state index is 0.308. The van der Waals surface area contributed by atoms with Crippen LogP contribution in [0.15, 0.2) is 48.5 Å². The van der Waals surface area contributed by atoms with Crippen molar-refractivity contribution < 1.29 is 17.9 Å². The van der Waals surface area contributed by atoms with Crippen molar-refractivity contribution in [1.82, 2.24) is 10.2 Å². The van der Waals surface area contributed by atoms with E-state index in [9.17, 15) is 13.2 Å². The largest absolute Gasteiger partial charge is 0.492 e. The first-order valence-electron chi connectivity index (χ1n) is 11.1. The molecule has 0 saturated carbocycles. The van der Waals surface area contributed by atoms with Gasteiger partial charge in [0, 0.05) is 13.1 Å². The standard InChI is InChI=1S/C24H33N3O4S/c1-3-31-23-14-8-7-13-22(23)27(32(2,29)30)19-24(28)25-17-20-11-5-6-12-21(20)18-26-15-9-4-10-16-26/h5-8,11-14H,3-4,9-10,15-19H2,1-2H3,(H,25,28). The first kappa shape index (κ1) is 24.1. The Balaban J connectivity index is 1.68. The second-order valence-electron chi connectivity index (χ2n) is 8.05. The molecule has 0 atom stereocenters. The molecule has 8 heteroatoms. The fourth-order valence-corrected chi connectivity index (χ4v) is 4.80. The van der Waals surface area contributed by atoms with Crippen LogP contribution < -0.4 is 14.4 Å². The number of anilines is 1. The summed E-state index contributed by atoms with van der Waals surface area (Å²) < 4.78 is 31.6. The fourth-order valence-electron chi connectivity index (χ4n) is 3.94. The lowest BCUT2D eigenvalue weighted by atomic mass is 10.0. The summed E-state index contributed by atoms with van der Waals surface area (Å²) in [7, 11) is -3.68. The zero-order chi connectivity index (χ0) is 23.0. The predicted molar refractivity (Wildman–Crippen MR) is 127 cm³/mol. The Morgan fingerprint density at radius 2 is 1.69 bits per heavy atom. The number of amides is 1. The zero-order valence-corrected chi connectivity index (χ0v) is 19.7. The summed E-state index contributed by atoms with van der Waals surface area (Å²) in [5.41, 5.74) is 2.60. The van der Waals surface area contributed by atoms with Crippen molar-refractivity contribution in [3.05, 3.63) is 59.7 Å². The number of likely N-dealkylation sites (tertiary alicyclic amines) is 1. The fraction of sp³-hybridized carbons (Fsp3) is 0.458. The molecule has 0 aliphatic carbocycles. The highest BCUT2D eigenvalue weighted by molar-refractivity contribution is 7.92. The lowest BCUT2D eigenvalue weighted by Crippen LogP contribution is -2.40. The molecule has 0 aromatic heterocycles. The van der Waals surface area contributed by atoms with Crippen LogP contribution in [0.5, 0.6) is 5.75 Å². The summed E-state index contributed by atoms with van der Waals surface area (Å²) in [6.45, 7) is 5.34. The molecule has 0 bridgehead atoms. The van der Waals surface area contributed by atoms with Crippen LogP contribution in [0.25, 0.3) is 0 Å². The number of piperidine rings is 1. The van der Waals surface area contributed by atoms with E-state index < -0.39 is 10.0 Å². The highest BCUT2D eigenvalue weighted by Gasteiger charge is 2.24. The van der Waals surface area contributed by atoms with Gasteiger partial charge in [0.15, 0.2) is 0 Å². The number of nitrogens with one attached hydrogen (secondary N) is 1. The summed E-state index contributed by atoms with van der Waals surface area (Å²) in [6, 6.07) is 14.9. The molecule has 7 nitrogen and oxygen atoms in total. The molecule has 0 unspecified atom stereocenters. The second-order valence-corrected chi connectivity index (χ2v) is 9.96. The Morgan fingerprint density at radius 3 is 2.38 bits per heavy atom. The molecule has 174 valence electrons. The Morgan fingerprint density at radius 1 is 1.03 bits per heavy atom. The third kappa shape index (κ3) is 6.71. The summed E-state index contributed by atoms with van der Waals surface area (Å²) in [5.74, 6) is 0.0644. The molecule has 0 spiro atoms. The number of carbonyl (C=O) groups excluding carboxylic acids is 1. The maximum Gasteiger partial charge on any atom is 0.241 e. The number of benzene rings is 2.